The highest BCUT2D eigenvalue weighted by Gasteiger charge is 1.93. The normalized spacial score (nSPS) is 11.2. The molecule has 0 N–H and O–H groups in total. The van der Waals surface area contributed by atoms with E-state index in [1.165, 1.54) is 51.4 Å². The highest BCUT2D eigenvalue weighted by Crippen LogP contribution is 2.11. The number of carboxylic acid groups (broad SMARTS) is 1. The van der Waals surface area contributed by atoms with Gasteiger partial charge in [0.2, 0.25) is 0 Å². The van der Waals surface area contributed by atoms with Crippen LogP contribution < -0.4 is 5.11 Å². The maximum absolute atomic E-state index is 10.2. The molecule has 0 amide bonds. The molecule has 2 heteroatoms. The van der Waals surface area contributed by atoms with Gasteiger partial charge in [0.15, 0.2) is 0 Å². The molecule has 0 atom stereocenters. The Morgan fingerprint density at radius 1 is 0.833 bits per heavy atom. The van der Waals surface area contributed by atoms with Gasteiger partial charge in [-0.05, 0) is 32.1 Å². The predicted molar refractivity (Wildman–Crippen MR) is 75.2 cm³/mol. The van der Waals surface area contributed by atoms with Crippen molar-refractivity contribution in [3.8, 4) is 0 Å². The second-order valence-corrected chi connectivity index (χ2v) is 4.97. The minimum absolute atomic E-state index is 0.227. The van der Waals surface area contributed by atoms with Crippen molar-refractivity contribution < 1.29 is 9.90 Å². The molecule has 0 unspecified atom stereocenters. The Kier molecular flexibility index (Phi) is 13.6. The minimum Gasteiger partial charge on any atom is -0.550 e. The van der Waals surface area contributed by atoms with E-state index in [1.54, 1.807) is 0 Å². The Hall–Kier alpha value is -0.790. The van der Waals surface area contributed by atoms with Gasteiger partial charge in [0.1, 0.15) is 0 Å². The fraction of sp³-hybridized carbons (Fsp3) is 0.812. The minimum atomic E-state index is -0.910. The molecule has 0 aromatic rings. The van der Waals surface area contributed by atoms with Crippen molar-refractivity contribution in [1.29, 1.82) is 0 Å². The van der Waals surface area contributed by atoms with Gasteiger partial charge in [-0.25, -0.2) is 0 Å². The lowest BCUT2D eigenvalue weighted by molar-refractivity contribution is -0.305. The van der Waals surface area contributed by atoms with Gasteiger partial charge in [-0.3, -0.25) is 0 Å². The Morgan fingerprint density at radius 2 is 1.33 bits per heavy atom. The highest BCUT2D eigenvalue weighted by molar-refractivity contribution is 5.63. The molecule has 0 radical (unpaired) electrons. The standard InChI is InChI=1S/C16H30O2/c1-2-3-4-5-6-7-8-9-10-11-12-13-14-15-16(17)18/h3-4H,2,5-15H2,1H3,(H,17,18)/p-1/b4-3-. The number of unbranched alkanes of at least 4 members (excludes halogenated alkanes) is 9. The van der Waals surface area contributed by atoms with Gasteiger partial charge in [0, 0.05) is 5.97 Å². The van der Waals surface area contributed by atoms with Crippen LogP contribution in [0.5, 0.6) is 0 Å². The number of hydrogen-bond donors (Lipinski definition) is 0. The van der Waals surface area contributed by atoms with E-state index in [0.29, 0.717) is 0 Å². The molecule has 0 aromatic heterocycles. The fourth-order valence-electron chi connectivity index (χ4n) is 2.05. The summed E-state index contributed by atoms with van der Waals surface area (Å²) in [4.78, 5) is 10.2. The van der Waals surface area contributed by atoms with Crippen LogP contribution in [0.1, 0.15) is 84.0 Å². The molecule has 0 fully saturated rings. The summed E-state index contributed by atoms with van der Waals surface area (Å²) < 4.78 is 0. The van der Waals surface area contributed by atoms with Crippen LogP contribution in [-0.2, 0) is 4.79 Å². The summed E-state index contributed by atoms with van der Waals surface area (Å²) in [6.07, 6.45) is 18.0. The molecular formula is C16H29O2-. The van der Waals surface area contributed by atoms with Crippen LogP contribution in [0.3, 0.4) is 0 Å². The number of hydrogen-bond acceptors (Lipinski definition) is 2. The molecule has 106 valence electrons. The largest absolute Gasteiger partial charge is 0.550 e. The van der Waals surface area contributed by atoms with Crippen molar-refractivity contribution in [2.45, 2.75) is 84.0 Å². The fourth-order valence-corrected chi connectivity index (χ4v) is 2.05. The predicted octanol–water partition coefficient (Wildman–Crippen LogP) is 3.99. The highest BCUT2D eigenvalue weighted by atomic mass is 16.4. The van der Waals surface area contributed by atoms with Gasteiger partial charge in [0.25, 0.3) is 0 Å². The van der Waals surface area contributed by atoms with Crippen molar-refractivity contribution in [3.63, 3.8) is 0 Å². The first-order valence-electron chi connectivity index (χ1n) is 7.62. The van der Waals surface area contributed by atoms with E-state index < -0.39 is 5.97 Å². The zero-order valence-electron chi connectivity index (χ0n) is 12.0. The zero-order chi connectivity index (χ0) is 13.5. The van der Waals surface area contributed by atoms with Crippen molar-refractivity contribution >= 4 is 5.97 Å². The molecule has 0 rings (SSSR count). The lowest BCUT2D eigenvalue weighted by Gasteiger charge is -2.03. The molecule has 0 bridgehead atoms. The van der Waals surface area contributed by atoms with Gasteiger partial charge in [0.05, 0.1) is 0 Å². The van der Waals surface area contributed by atoms with Gasteiger partial charge in [-0.2, -0.15) is 0 Å². The second-order valence-electron chi connectivity index (χ2n) is 4.97. The first-order valence-corrected chi connectivity index (χ1v) is 7.62. The molecule has 0 aliphatic heterocycles. The number of carboxylic acids is 1. The van der Waals surface area contributed by atoms with Crippen molar-refractivity contribution in [2.24, 2.45) is 0 Å². The molecule has 0 heterocycles. The van der Waals surface area contributed by atoms with Crippen molar-refractivity contribution in [1.82, 2.24) is 0 Å². The number of aliphatic carboxylic acids is 1. The van der Waals surface area contributed by atoms with Crippen LogP contribution in [0.25, 0.3) is 0 Å². The van der Waals surface area contributed by atoms with Gasteiger partial charge < -0.3 is 9.90 Å². The summed E-state index contributed by atoms with van der Waals surface area (Å²) >= 11 is 0. The quantitative estimate of drug-likeness (QED) is 0.368. The summed E-state index contributed by atoms with van der Waals surface area (Å²) in [6, 6.07) is 0. The third-order valence-corrected chi connectivity index (χ3v) is 3.15. The van der Waals surface area contributed by atoms with Gasteiger partial charge >= 0.3 is 0 Å². The van der Waals surface area contributed by atoms with E-state index in [0.717, 1.165) is 19.3 Å². The van der Waals surface area contributed by atoms with E-state index >= 15 is 0 Å². The molecule has 0 spiro atoms. The summed E-state index contributed by atoms with van der Waals surface area (Å²) in [5, 5.41) is 10.2. The van der Waals surface area contributed by atoms with E-state index in [1.807, 2.05) is 0 Å². The second kappa shape index (κ2) is 14.3. The number of allylic oxidation sites excluding steroid dienone is 2. The third kappa shape index (κ3) is 15.2. The molecule has 2 nitrogen and oxygen atoms in total. The van der Waals surface area contributed by atoms with Gasteiger partial charge in [-0.1, -0.05) is 64.0 Å². The van der Waals surface area contributed by atoms with Gasteiger partial charge in [-0.15, -0.1) is 0 Å². The maximum atomic E-state index is 10.2. The Bertz CT molecular complexity index is 209. The SMILES string of the molecule is CC/C=C\CCCCCCCCCCCC(=O)[O-]. The first kappa shape index (κ1) is 17.2. The molecule has 18 heavy (non-hydrogen) atoms. The molecule has 0 saturated heterocycles. The number of carbonyl (C=O) groups excluding carboxylic acids is 1. The van der Waals surface area contributed by atoms with Crippen LogP contribution in [-0.4, -0.2) is 5.97 Å². The summed E-state index contributed by atoms with van der Waals surface area (Å²) in [5.74, 6) is -0.910. The van der Waals surface area contributed by atoms with Crippen molar-refractivity contribution in [3.05, 3.63) is 12.2 Å². The van der Waals surface area contributed by atoms with Crippen molar-refractivity contribution in [2.75, 3.05) is 0 Å². The Balaban J connectivity index is 2.99. The van der Waals surface area contributed by atoms with Crippen LogP contribution in [0, 0.1) is 0 Å². The lowest BCUT2D eigenvalue weighted by atomic mass is 10.1. The molecule has 0 saturated carbocycles. The van der Waals surface area contributed by atoms with Crippen LogP contribution in [0.2, 0.25) is 0 Å². The maximum Gasteiger partial charge on any atom is 0.0414 e. The number of rotatable bonds is 13. The van der Waals surface area contributed by atoms with Crippen LogP contribution in [0.15, 0.2) is 12.2 Å². The van der Waals surface area contributed by atoms with E-state index in [2.05, 4.69) is 19.1 Å². The van der Waals surface area contributed by atoms with Crippen LogP contribution in [0.4, 0.5) is 0 Å². The van der Waals surface area contributed by atoms with E-state index in [4.69, 9.17) is 0 Å². The summed E-state index contributed by atoms with van der Waals surface area (Å²) in [7, 11) is 0. The molecule has 0 aliphatic carbocycles. The topological polar surface area (TPSA) is 40.1 Å². The number of carbonyl (C=O) groups is 1. The molecular weight excluding hydrogens is 224 g/mol. The smallest absolute Gasteiger partial charge is 0.0414 e. The average molecular weight is 253 g/mol. The van der Waals surface area contributed by atoms with E-state index in [9.17, 15) is 9.90 Å². The Labute approximate surface area is 112 Å². The molecule has 0 aromatic carbocycles. The zero-order valence-corrected chi connectivity index (χ0v) is 12.0. The lowest BCUT2D eigenvalue weighted by Crippen LogP contribution is -2.21. The summed E-state index contributed by atoms with van der Waals surface area (Å²) in [5.41, 5.74) is 0. The monoisotopic (exact) mass is 253 g/mol. The summed E-state index contributed by atoms with van der Waals surface area (Å²) in [6.45, 7) is 2.17. The molecule has 0 aliphatic rings. The Morgan fingerprint density at radius 3 is 1.83 bits per heavy atom. The average Bonchev–Trinajstić information content (AvgIpc) is 2.34. The third-order valence-electron chi connectivity index (χ3n) is 3.15. The van der Waals surface area contributed by atoms with Crippen LogP contribution >= 0.6 is 0 Å². The van der Waals surface area contributed by atoms with E-state index in [-0.39, 0.29) is 6.42 Å². The first-order chi connectivity index (χ1) is 8.77.